The summed E-state index contributed by atoms with van der Waals surface area (Å²) in [5, 5.41) is 16.0. The number of allylic oxidation sites excluding steroid dienone is 2. The van der Waals surface area contributed by atoms with Gasteiger partial charge in [0.2, 0.25) is 5.88 Å². The number of halogens is 2. The lowest BCUT2D eigenvalue weighted by Crippen LogP contribution is -2.28. The number of fused-ring (bicyclic) bond motifs is 5. The van der Waals surface area contributed by atoms with Gasteiger partial charge >= 0.3 is 0 Å². The van der Waals surface area contributed by atoms with E-state index in [9.17, 15) is 19.7 Å². The van der Waals surface area contributed by atoms with Crippen molar-refractivity contribution in [3.63, 3.8) is 0 Å². The van der Waals surface area contributed by atoms with Crippen molar-refractivity contribution in [3.8, 4) is 11.6 Å². The number of aromatic nitrogens is 1. The number of carbonyl (C=O) groups is 2. The van der Waals surface area contributed by atoms with Crippen LogP contribution in [0.4, 0.5) is 5.69 Å². The molecule has 0 radical (unpaired) electrons. The summed E-state index contributed by atoms with van der Waals surface area (Å²) >= 11 is 12.6. The Labute approximate surface area is 191 Å². The Balaban J connectivity index is 1.33. The van der Waals surface area contributed by atoms with Crippen molar-refractivity contribution in [3.05, 3.63) is 68.3 Å². The van der Waals surface area contributed by atoms with E-state index in [0.29, 0.717) is 5.56 Å². The van der Waals surface area contributed by atoms with Crippen LogP contribution in [0.5, 0.6) is 11.6 Å². The molecule has 2 amide bonds. The van der Waals surface area contributed by atoms with Crippen LogP contribution in [0.1, 0.15) is 12.0 Å². The summed E-state index contributed by atoms with van der Waals surface area (Å²) in [6.07, 6.45) is 7.28. The maximum absolute atomic E-state index is 12.7. The van der Waals surface area contributed by atoms with E-state index in [1.165, 1.54) is 30.5 Å². The van der Waals surface area contributed by atoms with E-state index in [-0.39, 0.29) is 62.8 Å². The topological polar surface area (TPSA) is 115 Å². The number of amides is 2. The Hall–Kier alpha value is -3.30. The van der Waals surface area contributed by atoms with E-state index < -0.39 is 4.92 Å². The second kappa shape index (κ2) is 7.68. The first-order chi connectivity index (χ1) is 15.3. The third-order valence-corrected chi connectivity index (χ3v) is 6.49. The van der Waals surface area contributed by atoms with E-state index in [1.54, 1.807) is 0 Å². The molecule has 11 heteroatoms. The number of pyridine rings is 1. The van der Waals surface area contributed by atoms with E-state index in [0.717, 1.165) is 17.6 Å². The van der Waals surface area contributed by atoms with Crippen LogP contribution in [0, 0.1) is 33.8 Å². The van der Waals surface area contributed by atoms with Gasteiger partial charge in [0, 0.05) is 12.1 Å². The van der Waals surface area contributed by atoms with Gasteiger partial charge in [-0.3, -0.25) is 19.7 Å². The Morgan fingerprint density at radius 1 is 1.12 bits per heavy atom. The van der Waals surface area contributed by atoms with Crippen molar-refractivity contribution in [2.45, 2.75) is 6.42 Å². The second-order valence-corrected chi connectivity index (χ2v) is 8.57. The highest BCUT2D eigenvalue weighted by molar-refractivity contribution is 6.37. The van der Waals surface area contributed by atoms with Crippen LogP contribution in [-0.2, 0) is 9.59 Å². The van der Waals surface area contributed by atoms with E-state index in [1.807, 2.05) is 12.2 Å². The largest absolute Gasteiger partial charge is 0.436 e. The van der Waals surface area contributed by atoms with Gasteiger partial charge in [0.25, 0.3) is 17.5 Å². The highest BCUT2D eigenvalue weighted by atomic mass is 35.5. The number of hydrogen-bond donors (Lipinski definition) is 0. The number of imide groups is 1. The SMILES string of the molecule is O=C1C2C3C=CC(C3)C2C(=O)N1N=Cc1cc(Cl)c(Oc2ccc([N+](=O)[O-])cn2)c(Cl)c1. The lowest BCUT2D eigenvalue weighted by Gasteiger charge is -2.13. The molecule has 32 heavy (non-hydrogen) atoms. The van der Waals surface area contributed by atoms with Crippen molar-refractivity contribution >= 4 is 46.9 Å². The molecule has 1 aromatic heterocycles. The minimum absolute atomic E-state index is 0.0730. The first-order valence-corrected chi connectivity index (χ1v) is 10.5. The molecule has 5 rings (SSSR count). The highest BCUT2D eigenvalue weighted by Gasteiger charge is 2.59. The zero-order valence-electron chi connectivity index (χ0n) is 16.2. The van der Waals surface area contributed by atoms with Gasteiger partial charge in [-0.1, -0.05) is 35.4 Å². The third kappa shape index (κ3) is 3.34. The normalized spacial score (nSPS) is 25.8. The molecule has 2 heterocycles. The number of benzene rings is 1. The predicted molar refractivity (Wildman–Crippen MR) is 115 cm³/mol. The zero-order valence-corrected chi connectivity index (χ0v) is 17.7. The van der Waals surface area contributed by atoms with Crippen molar-refractivity contribution in [1.29, 1.82) is 0 Å². The second-order valence-electron chi connectivity index (χ2n) is 7.76. The number of nitrogens with zero attached hydrogens (tertiary/aromatic N) is 4. The van der Waals surface area contributed by atoms with Gasteiger partial charge in [0.15, 0.2) is 5.75 Å². The van der Waals surface area contributed by atoms with Gasteiger partial charge in [-0.05, 0) is 36.0 Å². The summed E-state index contributed by atoms with van der Waals surface area (Å²) in [6.45, 7) is 0. The van der Waals surface area contributed by atoms with Crippen LogP contribution in [0.3, 0.4) is 0 Å². The summed E-state index contributed by atoms with van der Waals surface area (Å²) in [4.78, 5) is 39.4. The molecule has 9 nitrogen and oxygen atoms in total. The Morgan fingerprint density at radius 2 is 1.75 bits per heavy atom. The van der Waals surface area contributed by atoms with Crippen molar-refractivity contribution < 1.29 is 19.2 Å². The molecule has 4 unspecified atom stereocenters. The molecular formula is C21H14Cl2N4O5. The molecule has 2 bridgehead atoms. The number of carbonyl (C=O) groups excluding carboxylic acids is 2. The van der Waals surface area contributed by atoms with Crippen LogP contribution < -0.4 is 4.74 Å². The van der Waals surface area contributed by atoms with Gasteiger partial charge < -0.3 is 4.74 Å². The van der Waals surface area contributed by atoms with Crippen molar-refractivity contribution in [2.24, 2.45) is 28.8 Å². The minimum Gasteiger partial charge on any atom is -0.436 e. The van der Waals surface area contributed by atoms with Crippen LogP contribution in [0.25, 0.3) is 0 Å². The fourth-order valence-corrected chi connectivity index (χ4v) is 5.10. The smallest absolute Gasteiger partial charge is 0.287 e. The molecular weight excluding hydrogens is 459 g/mol. The molecule has 3 aliphatic rings. The molecule has 4 atom stereocenters. The van der Waals surface area contributed by atoms with Gasteiger partial charge in [0.1, 0.15) is 6.20 Å². The maximum Gasteiger partial charge on any atom is 0.287 e. The van der Waals surface area contributed by atoms with Crippen LogP contribution in [-0.4, -0.2) is 32.9 Å². The molecule has 2 aromatic rings. The fourth-order valence-electron chi connectivity index (χ4n) is 4.52. The standard InChI is InChI=1S/C21H14Cl2N4O5/c22-14-5-10(6-15(23)19(14)32-16-4-3-13(9-24-16)27(30)31)8-25-26-20(28)17-11-1-2-12(7-11)18(17)21(26)29/h1-6,8-9,11-12,17-18H,7H2. The molecule has 1 saturated carbocycles. The molecule has 0 spiro atoms. The molecule has 0 N–H and O–H groups in total. The van der Waals surface area contributed by atoms with E-state index in [2.05, 4.69) is 10.1 Å². The van der Waals surface area contributed by atoms with Gasteiger partial charge in [0.05, 0.1) is 33.0 Å². The fraction of sp³-hybridized carbons (Fsp3) is 0.238. The van der Waals surface area contributed by atoms with E-state index >= 15 is 0 Å². The Bertz CT molecular complexity index is 1160. The number of rotatable bonds is 5. The van der Waals surface area contributed by atoms with Crippen LogP contribution in [0.15, 0.2) is 47.7 Å². The van der Waals surface area contributed by atoms with E-state index in [4.69, 9.17) is 27.9 Å². The Kier molecular flexibility index (Phi) is 4.94. The van der Waals surface area contributed by atoms with Gasteiger partial charge in [-0.15, -0.1) is 0 Å². The maximum atomic E-state index is 12.7. The summed E-state index contributed by atoms with van der Waals surface area (Å²) < 4.78 is 5.55. The molecule has 162 valence electrons. The molecule has 2 fully saturated rings. The summed E-state index contributed by atoms with van der Waals surface area (Å²) in [5.74, 6) is -0.825. The molecule has 2 aliphatic carbocycles. The predicted octanol–water partition coefficient (Wildman–Crippen LogP) is 4.23. The third-order valence-electron chi connectivity index (χ3n) is 5.93. The average Bonchev–Trinajstić information content (AvgIpc) is 3.44. The van der Waals surface area contributed by atoms with Crippen molar-refractivity contribution in [2.75, 3.05) is 0 Å². The molecule has 1 aromatic carbocycles. The Morgan fingerprint density at radius 3 is 2.28 bits per heavy atom. The summed E-state index contributed by atoms with van der Waals surface area (Å²) in [7, 11) is 0. The number of ether oxygens (including phenoxy) is 1. The quantitative estimate of drug-likeness (QED) is 0.211. The van der Waals surface area contributed by atoms with Crippen molar-refractivity contribution in [1.82, 2.24) is 9.99 Å². The minimum atomic E-state index is -0.574. The number of hydrogen-bond acceptors (Lipinski definition) is 7. The average molecular weight is 473 g/mol. The number of nitro groups is 1. The zero-order chi connectivity index (χ0) is 22.6. The monoisotopic (exact) mass is 472 g/mol. The summed E-state index contributed by atoms with van der Waals surface area (Å²) in [5.41, 5.74) is 0.280. The highest BCUT2D eigenvalue weighted by Crippen LogP contribution is 2.52. The first-order valence-electron chi connectivity index (χ1n) is 9.71. The first kappa shape index (κ1) is 20.6. The van der Waals surface area contributed by atoms with Crippen LogP contribution >= 0.6 is 23.2 Å². The lowest BCUT2D eigenvalue weighted by molar-refractivity contribution is -0.385. The summed E-state index contributed by atoms with van der Waals surface area (Å²) in [6, 6.07) is 5.58. The number of hydrazone groups is 1. The van der Waals surface area contributed by atoms with Gasteiger partial charge in [-0.25, -0.2) is 4.98 Å². The molecule has 1 aliphatic heterocycles. The molecule has 1 saturated heterocycles. The van der Waals surface area contributed by atoms with Crippen LogP contribution in [0.2, 0.25) is 10.0 Å². The lowest BCUT2D eigenvalue weighted by atomic mass is 9.85. The van der Waals surface area contributed by atoms with Gasteiger partial charge in [-0.2, -0.15) is 10.1 Å².